The van der Waals surface area contributed by atoms with Crippen LogP contribution >= 0.6 is 11.8 Å². The highest BCUT2D eigenvalue weighted by atomic mass is 32.2. The number of hydrogen-bond acceptors (Lipinski definition) is 6. The molecule has 0 amide bonds. The van der Waals surface area contributed by atoms with E-state index in [0.29, 0.717) is 10.8 Å². The molecule has 0 saturated carbocycles. The molecule has 1 fully saturated rings. The highest BCUT2D eigenvalue weighted by molar-refractivity contribution is 7.99. The van der Waals surface area contributed by atoms with Crippen molar-refractivity contribution in [3.05, 3.63) is 59.9 Å². The van der Waals surface area contributed by atoms with E-state index in [2.05, 4.69) is 50.0 Å². The third-order valence-corrected chi connectivity index (χ3v) is 5.63. The molecule has 9 heteroatoms. The van der Waals surface area contributed by atoms with Gasteiger partial charge in [0, 0.05) is 31.1 Å². The highest BCUT2D eigenvalue weighted by Gasteiger charge is 2.30. The van der Waals surface area contributed by atoms with Crippen LogP contribution < -0.4 is 10.2 Å². The zero-order chi connectivity index (χ0) is 19.5. The quantitative estimate of drug-likeness (QED) is 0.633. The van der Waals surface area contributed by atoms with E-state index >= 15 is 0 Å². The number of anilines is 1. The fourth-order valence-corrected chi connectivity index (χ4v) is 3.99. The molecule has 1 aliphatic heterocycles. The molecule has 1 saturated heterocycles. The van der Waals surface area contributed by atoms with Crippen LogP contribution in [0.5, 0.6) is 0 Å². The number of ether oxygens (including phenoxy) is 1. The molecule has 0 unspecified atom stereocenters. The maximum absolute atomic E-state index is 13.5. The molecule has 0 radical (unpaired) electrons. The fourth-order valence-electron chi connectivity index (χ4n) is 3.08. The number of tetrazole rings is 1. The number of thioether (sulfide) groups is 1. The lowest BCUT2D eigenvalue weighted by Crippen LogP contribution is -2.82. The van der Waals surface area contributed by atoms with E-state index in [0.717, 1.165) is 23.5 Å². The van der Waals surface area contributed by atoms with E-state index in [1.807, 2.05) is 14.1 Å². The fraction of sp³-hybridized carbons (Fsp3) is 0.316. The van der Waals surface area contributed by atoms with Crippen LogP contribution in [0, 0.1) is 5.82 Å². The van der Waals surface area contributed by atoms with Crippen LogP contribution in [0.2, 0.25) is 0 Å². The molecule has 2 N–H and O–H groups in total. The molecule has 7 nitrogen and oxygen atoms in total. The lowest BCUT2D eigenvalue weighted by atomic mass is 10.2. The standard InChI is InChI=1S/C19H21FN6OS/c1-25(2)15-8-6-13(7-9-15)18-21-11-17(27-18)12-28-19-22-23-24-26(19)16-5-3-4-14(20)10-16/h3-10,17-18,21H,11-12H2,1-2H3/p+1/t17-,18-/m0/s1. The minimum absolute atomic E-state index is 0.000950. The minimum atomic E-state index is -0.319. The van der Waals surface area contributed by atoms with E-state index < -0.39 is 0 Å². The van der Waals surface area contributed by atoms with Crippen molar-refractivity contribution in [2.75, 3.05) is 31.3 Å². The normalized spacial score (nSPS) is 19.1. The van der Waals surface area contributed by atoms with Gasteiger partial charge in [-0.1, -0.05) is 17.8 Å². The Balaban J connectivity index is 1.36. The molecule has 2 atom stereocenters. The van der Waals surface area contributed by atoms with Crippen molar-refractivity contribution in [2.45, 2.75) is 17.5 Å². The SMILES string of the molecule is CN(C)c1ccc([C@H]2[NH2+]C[C@@H](CSc3nnnn3-c3cccc(F)c3)O2)cc1. The van der Waals surface area contributed by atoms with Gasteiger partial charge in [0.25, 0.3) is 0 Å². The van der Waals surface area contributed by atoms with Crippen molar-refractivity contribution in [3.63, 3.8) is 0 Å². The van der Waals surface area contributed by atoms with Gasteiger partial charge in [0.05, 0.1) is 5.69 Å². The van der Waals surface area contributed by atoms with E-state index in [-0.39, 0.29) is 18.1 Å². The lowest BCUT2D eigenvalue weighted by Gasteiger charge is -2.14. The van der Waals surface area contributed by atoms with Gasteiger partial charge in [-0.25, -0.2) is 4.39 Å². The van der Waals surface area contributed by atoms with Gasteiger partial charge in [-0.05, 0) is 52.9 Å². The zero-order valence-corrected chi connectivity index (χ0v) is 16.5. The van der Waals surface area contributed by atoms with Gasteiger partial charge >= 0.3 is 0 Å². The van der Waals surface area contributed by atoms with E-state index in [4.69, 9.17) is 4.74 Å². The summed E-state index contributed by atoms with van der Waals surface area (Å²) in [6.07, 6.45) is 0.0854. The first-order chi connectivity index (χ1) is 13.6. The van der Waals surface area contributed by atoms with Crippen molar-refractivity contribution in [2.24, 2.45) is 0 Å². The summed E-state index contributed by atoms with van der Waals surface area (Å²) in [5, 5.41) is 14.6. The van der Waals surface area contributed by atoms with Gasteiger partial charge in [-0.3, -0.25) is 0 Å². The minimum Gasteiger partial charge on any atom is -0.378 e. The Hall–Kier alpha value is -2.49. The van der Waals surface area contributed by atoms with Crippen LogP contribution in [-0.2, 0) is 4.74 Å². The molecule has 0 aliphatic carbocycles. The second-order valence-corrected chi connectivity index (χ2v) is 7.79. The zero-order valence-electron chi connectivity index (χ0n) is 15.7. The highest BCUT2D eigenvalue weighted by Crippen LogP contribution is 2.24. The van der Waals surface area contributed by atoms with Gasteiger partial charge in [-0.2, -0.15) is 4.68 Å². The Morgan fingerprint density at radius 1 is 1.25 bits per heavy atom. The van der Waals surface area contributed by atoms with Gasteiger partial charge in [0.15, 0.2) is 0 Å². The first kappa shape index (κ1) is 18.9. The molecule has 1 aliphatic rings. The summed E-state index contributed by atoms with van der Waals surface area (Å²) < 4.78 is 21.2. The Labute approximate surface area is 166 Å². The number of nitrogens with two attached hydrogens (primary N) is 1. The Morgan fingerprint density at radius 3 is 2.82 bits per heavy atom. The second kappa shape index (κ2) is 8.26. The average Bonchev–Trinajstić information content (AvgIpc) is 3.36. The van der Waals surface area contributed by atoms with Gasteiger partial charge in [-0.15, -0.1) is 5.10 Å². The van der Waals surface area contributed by atoms with Crippen LogP contribution in [0.25, 0.3) is 5.69 Å². The lowest BCUT2D eigenvalue weighted by molar-refractivity contribution is -0.697. The third-order valence-electron chi connectivity index (χ3n) is 4.58. The summed E-state index contributed by atoms with van der Waals surface area (Å²) in [5.41, 5.74) is 2.92. The van der Waals surface area contributed by atoms with Crippen LogP contribution in [0.15, 0.2) is 53.7 Å². The molecule has 1 aromatic heterocycles. The summed E-state index contributed by atoms with van der Waals surface area (Å²) in [6.45, 7) is 0.870. The summed E-state index contributed by atoms with van der Waals surface area (Å²) >= 11 is 1.51. The van der Waals surface area contributed by atoms with E-state index in [1.165, 1.54) is 23.9 Å². The number of halogens is 1. The van der Waals surface area contributed by atoms with Crippen molar-refractivity contribution in [1.29, 1.82) is 0 Å². The largest absolute Gasteiger partial charge is 0.378 e. The predicted molar refractivity (Wildman–Crippen MR) is 105 cm³/mol. The molecule has 2 heterocycles. The number of benzene rings is 2. The third kappa shape index (κ3) is 4.16. The average molecular weight is 401 g/mol. The molecule has 0 spiro atoms. The predicted octanol–water partition coefficient (Wildman–Crippen LogP) is 1.62. The molecule has 4 rings (SSSR count). The smallest absolute Gasteiger partial charge is 0.217 e. The summed E-state index contributed by atoms with van der Waals surface area (Å²) in [6, 6.07) is 14.6. The summed E-state index contributed by atoms with van der Waals surface area (Å²) in [7, 11) is 4.05. The Morgan fingerprint density at radius 2 is 2.07 bits per heavy atom. The summed E-state index contributed by atoms with van der Waals surface area (Å²) in [5.74, 6) is 0.402. The molecule has 28 heavy (non-hydrogen) atoms. The number of aromatic nitrogens is 4. The van der Waals surface area contributed by atoms with Crippen molar-refractivity contribution in [1.82, 2.24) is 20.2 Å². The van der Waals surface area contributed by atoms with Gasteiger partial charge < -0.3 is 15.0 Å². The molecule has 2 aromatic carbocycles. The van der Waals surface area contributed by atoms with Crippen LogP contribution in [0.1, 0.15) is 11.8 Å². The molecule has 146 valence electrons. The van der Waals surface area contributed by atoms with Crippen LogP contribution in [0.4, 0.5) is 10.1 Å². The first-order valence-electron chi connectivity index (χ1n) is 9.03. The molecular weight excluding hydrogens is 379 g/mol. The van der Waals surface area contributed by atoms with Crippen molar-refractivity contribution < 1.29 is 14.4 Å². The van der Waals surface area contributed by atoms with Crippen LogP contribution in [-0.4, -0.2) is 52.7 Å². The van der Waals surface area contributed by atoms with Crippen molar-refractivity contribution in [3.8, 4) is 5.69 Å². The Bertz CT molecular complexity index is 932. The van der Waals surface area contributed by atoms with Crippen molar-refractivity contribution >= 4 is 17.4 Å². The van der Waals surface area contributed by atoms with E-state index in [9.17, 15) is 4.39 Å². The molecule has 3 aromatic rings. The topological polar surface area (TPSA) is 72.7 Å². The second-order valence-electron chi connectivity index (χ2n) is 6.80. The van der Waals surface area contributed by atoms with Gasteiger partial charge in [0.1, 0.15) is 18.5 Å². The maximum Gasteiger partial charge on any atom is 0.217 e. The van der Waals surface area contributed by atoms with E-state index in [1.54, 1.807) is 16.8 Å². The number of nitrogens with zero attached hydrogens (tertiary/aromatic N) is 5. The Kier molecular flexibility index (Phi) is 5.56. The first-order valence-corrected chi connectivity index (χ1v) is 10.0. The molecular formula is C19H22FN6OS+. The number of quaternary nitrogens is 1. The summed E-state index contributed by atoms with van der Waals surface area (Å²) in [4.78, 5) is 2.07. The maximum atomic E-state index is 13.5. The monoisotopic (exact) mass is 401 g/mol. The van der Waals surface area contributed by atoms with Gasteiger partial charge in [0.2, 0.25) is 11.4 Å². The molecule has 0 bridgehead atoms. The number of hydrogen-bond donors (Lipinski definition) is 1. The van der Waals surface area contributed by atoms with Crippen LogP contribution in [0.3, 0.4) is 0 Å². The number of rotatable bonds is 6.